The van der Waals surface area contributed by atoms with E-state index < -0.39 is 0 Å². The lowest BCUT2D eigenvalue weighted by molar-refractivity contribution is -0.137. The van der Waals surface area contributed by atoms with Gasteiger partial charge in [0.2, 0.25) is 0 Å². The maximum Gasteiger partial charge on any atom is 0.278 e. The number of nitrogens with zero attached hydrogens (tertiary/aromatic N) is 1. The molecule has 0 fully saturated rings. The zero-order valence-electron chi connectivity index (χ0n) is 16.8. The predicted molar refractivity (Wildman–Crippen MR) is 120 cm³/mol. The van der Waals surface area contributed by atoms with Gasteiger partial charge in [-0.25, -0.2) is 0 Å². The molecule has 0 saturated heterocycles. The van der Waals surface area contributed by atoms with Gasteiger partial charge in [0.1, 0.15) is 5.70 Å². The highest BCUT2D eigenvalue weighted by Crippen LogP contribution is 2.32. The van der Waals surface area contributed by atoms with E-state index in [2.05, 4.69) is 5.32 Å². The number of benzene rings is 3. The van der Waals surface area contributed by atoms with E-state index in [1.165, 1.54) is 4.90 Å². The molecule has 0 spiro atoms. The second kappa shape index (κ2) is 8.17. The molecule has 0 saturated carbocycles. The summed E-state index contributed by atoms with van der Waals surface area (Å²) in [7, 11) is 0. The number of aryl methyl sites for hydroxylation is 1. The van der Waals surface area contributed by atoms with Gasteiger partial charge in [0.25, 0.3) is 11.8 Å². The van der Waals surface area contributed by atoms with Crippen molar-refractivity contribution < 1.29 is 9.59 Å². The van der Waals surface area contributed by atoms with E-state index in [1.54, 1.807) is 12.1 Å². The van der Waals surface area contributed by atoms with Crippen molar-refractivity contribution in [2.75, 3.05) is 5.32 Å². The lowest BCUT2D eigenvalue weighted by Crippen LogP contribution is -2.32. The molecule has 3 aromatic carbocycles. The summed E-state index contributed by atoms with van der Waals surface area (Å²) in [6, 6.07) is 22.3. The lowest BCUT2D eigenvalue weighted by atomic mass is 10.0. The van der Waals surface area contributed by atoms with Gasteiger partial charge < -0.3 is 5.32 Å². The number of imide groups is 1. The second-order valence-electron chi connectivity index (χ2n) is 7.31. The van der Waals surface area contributed by atoms with Crippen LogP contribution in [0.5, 0.6) is 0 Å². The van der Waals surface area contributed by atoms with E-state index in [0.29, 0.717) is 21.9 Å². The molecule has 0 radical (unpaired) electrons. The zero-order valence-corrected chi connectivity index (χ0v) is 17.5. The van der Waals surface area contributed by atoms with Crippen LogP contribution in [0, 0.1) is 13.8 Å². The topological polar surface area (TPSA) is 49.4 Å². The molecule has 150 valence electrons. The normalized spacial score (nSPS) is 13.9. The third-order valence-electron chi connectivity index (χ3n) is 5.35. The van der Waals surface area contributed by atoms with E-state index in [1.807, 2.05) is 74.5 Å². The first-order valence-corrected chi connectivity index (χ1v) is 10.1. The average Bonchev–Trinajstić information content (AvgIpc) is 2.98. The number of carbonyl (C=O) groups excluding carboxylic acids is 2. The van der Waals surface area contributed by atoms with E-state index in [0.717, 1.165) is 22.4 Å². The summed E-state index contributed by atoms with van der Waals surface area (Å²) in [5.74, 6) is -0.649. The van der Waals surface area contributed by atoms with Gasteiger partial charge in [0.15, 0.2) is 0 Å². The van der Waals surface area contributed by atoms with E-state index in [4.69, 9.17) is 11.6 Å². The molecule has 0 bridgehead atoms. The number of hydrogen-bond donors (Lipinski definition) is 1. The van der Waals surface area contributed by atoms with Crippen molar-refractivity contribution in [3.8, 4) is 0 Å². The first-order valence-electron chi connectivity index (χ1n) is 9.69. The van der Waals surface area contributed by atoms with E-state index in [-0.39, 0.29) is 18.4 Å². The molecule has 4 nitrogen and oxygen atoms in total. The van der Waals surface area contributed by atoms with Crippen LogP contribution in [0.25, 0.3) is 5.57 Å². The van der Waals surface area contributed by atoms with Crippen molar-refractivity contribution in [3.63, 3.8) is 0 Å². The summed E-state index contributed by atoms with van der Waals surface area (Å²) in [5, 5.41) is 3.86. The van der Waals surface area contributed by atoms with Gasteiger partial charge >= 0.3 is 0 Å². The molecule has 1 heterocycles. The van der Waals surface area contributed by atoms with Crippen LogP contribution in [0.4, 0.5) is 5.69 Å². The predicted octanol–water partition coefficient (Wildman–Crippen LogP) is 5.35. The summed E-state index contributed by atoms with van der Waals surface area (Å²) in [4.78, 5) is 27.9. The number of carbonyl (C=O) groups is 2. The zero-order chi connectivity index (χ0) is 21.3. The number of rotatable bonds is 5. The Morgan fingerprint density at radius 1 is 0.833 bits per heavy atom. The summed E-state index contributed by atoms with van der Waals surface area (Å²) in [6.45, 7) is 4.19. The Balaban J connectivity index is 1.75. The van der Waals surface area contributed by atoms with Crippen molar-refractivity contribution in [3.05, 3.63) is 106 Å². The van der Waals surface area contributed by atoms with Gasteiger partial charge in [0, 0.05) is 10.7 Å². The summed E-state index contributed by atoms with van der Waals surface area (Å²) >= 11 is 5.96. The Morgan fingerprint density at radius 2 is 1.53 bits per heavy atom. The number of hydrogen-bond acceptors (Lipinski definition) is 3. The molecule has 4 rings (SSSR count). The number of nitrogens with one attached hydrogen (secondary N) is 1. The fraction of sp³-hybridized carbons (Fsp3) is 0.120. The monoisotopic (exact) mass is 416 g/mol. The minimum absolute atomic E-state index is 0.184. The molecule has 0 aromatic heterocycles. The largest absolute Gasteiger partial charge is 0.350 e. The molecule has 0 atom stereocenters. The van der Waals surface area contributed by atoms with Gasteiger partial charge in [-0.3, -0.25) is 14.5 Å². The molecule has 0 aliphatic carbocycles. The maximum atomic E-state index is 13.3. The smallest absolute Gasteiger partial charge is 0.278 e. The van der Waals surface area contributed by atoms with Crippen molar-refractivity contribution in [2.24, 2.45) is 0 Å². The first-order chi connectivity index (χ1) is 14.5. The quantitative estimate of drug-likeness (QED) is 0.570. The SMILES string of the molecule is Cc1cccc(NC2=C(c3ccccc3)C(=O)N(Cc3ccc(Cl)cc3)C2=O)c1C. The lowest BCUT2D eigenvalue weighted by Gasteiger charge is -2.16. The highest BCUT2D eigenvalue weighted by atomic mass is 35.5. The second-order valence-corrected chi connectivity index (χ2v) is 7.75. The number of amides is 2. The third-order valence-corrected chi connectivity index (χ3v) is 5.60. The molecule has 30 heavy (non-hydrogen) atoms. The van der Waals surface area contributed by atoms with Crippen LogP contribution in [0.1, 0.15) is 22.3 Å². The molecule has 0 unspecified atom stereocenters. The van der Waals surface area contributed by atoms with E-state index >= 15 is 0 Å². The van der Waals surface area contributed by atoms with E-state index in [9.17, 15) is 9.59 Å². The Morgan fingerprint density at radius 3 is 2.23 bits per heavy atom. The molecule has 5 heteroatoms. The van der Waals surface area contributed by atoms with Crippen molar-refractivity contribution in [1.82, 2.24) is 4.90 Å². The van der Waals surface area contributed by atoms with Crippen LogP contribution in [-0.4, -0.2) is 16.7 Å². The number of anilines is 1. The van der Waals surface area contributed by atoms with Gasteiger partial charge in [-0.05, 0) is 54.3 Å². The van der Waals surface area contributed by atoms with Crippen LogP contribution < -0.4 is 5.32 Å². The van der Waals surface area contributed by atoms with Crippen LogP contribution in [-0.2, 0) is 16.1 Å². The Kier molecular flexibility index (Phi) is 5.42. The Labute approximate surface area is 180 Å². The third kappa shape index (κ3) is 3.74. The molecule has 3 aromatic rings. The minimum Gasteiger partial charge on any atom is -0.350 e. The van der Waals surface area contributed by atoms with Gasteiger partial charge in [0.05, 0.1) is 12.1 Å². The summed E-state index contributed by atoms with van der Waals surface area (Å²) in [6.07, 6.45) is 0. The molecule has 1 N–H and O–H groups in total. The molecular formula is C25H21ClN2O2. The van der Waals surface area contributed by atoms with Gasteiger partial charge in [-0.2, -0.15) is 0 Å². The van der Waals surface area contributed by atoms with Gasteiger partial charge in [-0.15, -0.1) is 0 Å². The maximum absolute atomic E-state index is 13.3. The summed E-state index contributed by atoms with van der Waals surface area (Å²) in [5.41, 5.74) is 5.19. The standard InChI is InChI=1S/C25H21ClN2O2/c1-16-7-6-10-21(17(16)2)27-23-22(19-8-4-3-5-9-19)24(29)28(25(23)30)15-18-11-13-20(26)14-12-18/h3-14,27H,15H2,1-2H3. The van der Waals surface area contributed by atoms with Crippen LogP contribution >= 0.6 is 11.6 Å². The van der Waals surface area contributed by atoms with Crippen LogP contribution in [0.2, 0.25) is 5.02 Å². The Hall–Kier alpha value is -3.37. The van der Waals surface area contributed by atoms with Crippen molar-refractivity contribution >= 4 is 34.7 Å². The fourth-order valence-corrected chi connectivity index (χ4v) is 3.63. The minimum atomic E-state index is -0.338. The average molecular weight is 417 g/mol. The highest BCUT2D eigenvalue weighted by molar-refractivity contribution is 6.36. The van der Waals surface area contributed by atoms with Crippen molar-refractivity contribution in [1.29, 1.82) is 0 Å². The van der Waals surface area contributed by atoms with Crippen molar-refractivity contribution in [2.45, 2.75) is 20.4 Å². The highest BCUT2D eigenvalue weighted by Gasteiger charge is 2.39. The molecule has 2 amide bonds. The number of halogens is 1. The molecule has 1 aliphatic rings. The summed E-state index contributed by atoms with van der Waals surface area (Å²) < 4.78 is 0. The van der Waals surface area contributed by atoms with Gasteiger partial charge in [-0.1, -0.05) is 66.2 Å². The van der Waals surface area contributed by atoms with Crippen LogP contribution in [0.15, 0.2) is 78.5 Å². The molecular weight excluding hydrogens is 396 g/mol. The fourth-order valence-electron chi connectivity index (χ4n) is 3.50. The van der Waals surface area contributed by atoms with Crippen LogP contribution in [0.3, 0.4) is 0 Å². The Bertz CT molecular complexity index is 1150. The first kappa shape index (κ1) is 19.9. The molecule has 1 aliphatic heterocycles.